The highest BCUT2D eigenvalue weighted by molar-refractivity contribution is 9.10. The molecule has 20 heavy (non-hydrogen) atoms. The molecule has 2 rings (SSSR count). The quantitative estimate of drug-likeness (QED) is 0.907. The number of amides is 1. The van der Waals surface area contributed by atoms with E-state index in [-0.39, 0.29) is 11.9 Å². The van der Waals surface area contributed by atoms with E-state index >= 15 is 0 Å². The van der Waals surface area contributed by atoms with Gasteiger partial charge < -0.3 is 19.7 Å². The monoisotopic (exact) mass is 342 g/mol. The molecule has 1 aromatic rings. The number of nitrogens with zero attached hydrogens (tertiary/aromatic N) is 1. The van der Waals surface area contributed by atoms with Gasteiger partial charge in [-0.25, -0.2) is 0 Å². The molecule has 1 saturated heterocycles. The first kappa shape index (κ1) is 15.1. The Morgan fingerprint density at radius 1 is 1.35 bits per heavy atom. The largest absolute Gasteiger partial charge is 0.495 e. The summed E-state index contributed by atoms with van der Waals surface area (Å²) in [5.41, 5.74) is 0.566. The van der Waals surface area contributed by atoms with E-state index in [0.29, 0.717) is 21.5 Å². The molecule has 0 aliphatic carbocycles. The van der Waals surface area contributed by atoms with E-state index in [2.05, 4.69) is 21.2 Å². The van der Waals surface area contributed by atoms with Crippen molar-refractivity contribution in [3.63, 3.8) is 0 Å². The maximum atomic E-state index is 12.6. The van der Waals surface area contributed by atoms with Crippen molar-refractivity contribution in [2.75, 3.05) is 34.4 Å². The maximum Gasteiger partial charge on any atom is 0.254 e. The number of ether oxygens (including phenoxy) is 2. The van der Waals surface area contributed by atoms with Crippen molar-refractivity contribution in [2.45, 2.75) is 12.5 Å². The normalized spacial score (nSPS) is 17.9. The summed E-state index contributed by atoms with van der Waals surface area (Å²) in [6.07, 6.45) is 0.979. The van der Waals surface area contributed by atoms with Crippen LogP contribution in [0, 0.1) is 0 Å². The third-order valence-electron chi connectivity index (χ3n) is 3.59. The highest BCUT2D eigenvalue weighted by Crippen LogP contribution is 2.36. The van der Waals surface area contributed by atoms with E-state index in [0.717, 1.165) is 19.5 Å². The van der Waals surface area contributed by atoms with Gasteiger partial charge in [0.2, 0.25) is 0 Å². The summed E-state index contributed by atoms with van der Waals surface area (Å²) in [6.45, 7) is 1.79. The number of hydrogen-bond acceptors (Lipinski definition) is 4. The zero-order valence-electron chi connectivity index (χ0n) is 11.9. The summed E-state index contributed by atoms with van der Waals surface area (Å²) in [7, 11) is 4.97. The molecule has 1 aromatic carbocycles. The first-order valence-electron chi connectivity index (χ1n) is 6.48. The number of methoxy groups -OCH3 is 2. The third-order valence-corrected chi connectivity index (χ3v) is 4.38. The predicted octanol–water partition coefficient (Wildman–Crippen LogP) is 1.90. The van der Waals surface area contributed by atoms with Crippen LogP contribution in [0.5, 0.6) is 11.5 Å². The molecule has 1 heterocycles. The van der Waals surface area contributed by atoms with Crippen LogP contribution in [0.1, 0.15) is 16.8 Å². The van der Waals surface area contributed by atoms with Gasteiger partial charge >= 0.3 is 0 Å². The van der Waals surface area contributed by atoms with E-state index < -0.39 is 0 Å². The van der Waals surface area contributed by atoms with Crippen LogP contribution in [-0.2, 0) is 0 Å². The van der Waals surface area contributed by atoms with Gasteiger partial charge in [0.1, 0.15) is 16.0 Å². The number of carbonyl (C=O) groups is 1. The first-order chi connectivity index (χ1) is 9.58. The number of rotatable bonds is 4. The summed E-state index contributed by atoms with van der Waals surface area (Å²) in [6, 6.07) is 3.70. The van der Waals surface area contributed by atoms with Gasteiger partial charge in [0.25, 0.3) is 5.91 Å². The Morgan fingerprint density at radius 3 is 2.40 bits per heavy atom. The molecular weight excluding hydrogens is 324 g/mol. The van der Waals surface area contributed by atoms with E-state index in [1.165, 1.54) is 0 Å². The highest BCUT2D eigenvalue weighted by atomic mass is 79.9. The lowest BCUT2D eigenvalue weighted by Gasteiger charge is -2.24. The second-order valence-corrected chi connectivity index (χ2v) is 5.55. The Kier molecular flexibility index (Phi) is 4.88. The Hall–Kier alpha value is -1.27. The van der Waals surface area contributed by atoms with E-state index in [1.54, 1.807) is 31.3 Å². The molecule has 110 valence electrons. The predicted molar refractivity (Wildman–Crippen MR) is 80.6 cm³/mol. The van der Waals surface area contributed by atoms with Gasteiger partial charge in [-0.05, 0) is 41.0 Å². The van der Waals surface area contributed by atoms with Gasteiger partial charge in [0.15, 0.2) is 0 Å². The lowest BCUT2D eigenvalue weighted by Crippen LogP contribution is -2.38. The number of likely N-dealkylation sites (N-methyl/N-ethyl adjacent to an activating group) is 1. The molecule has 5 nitrogen and oxygen atoms in total. The molecule has 0 spiro atoms. The average Bonchev–Trinajstić information content (AvgIpc) is 3.00. The summed E-state index contributed by atoms with van der Waals surface area (Å²) in [5, 5.41) is 3.26. The van der Waals surface area contributed by atoms with Crippen LogP contribution in [-0.4, -0.2) is 51.2 Å². The minimum absolute atomic E-state index is 0.0252. The second kappa shape index (κ2) is 6.45. The lowest BCUT2D eigenvalue weighted by atomic mass is 10.1. The van der Waals surface area contributed by atoms with Crippen molar-refractivity contribution < 1.29 is 14.3 Å². The van der Waals surface area contributed by atoms with Crippen LogP contribution in [0.3, 0.4) is 0 Å². The standard InChI is InChI=1S/C14H19BrN2O3/c1-17(10-4-5-16-8-10)14(18)9-6-11(19-2)13(15)12(7-9)20-3/h6-7,10,16H,4-5,8H2,1-3H3/t10-/m1/s1. The fourth-order valence-corrected chi connectivity index (χ4v) is 2.88. The number of carbonyl (C=O) groups excluding carboxylic acids is 1. The van der Waals surface area contributed by atoms with Crippen LogP contribution < -0.4 is 14.8 Å². The van der Waals surface area contributed by atoms with Crippen molar-refractivity contribution in [1.82, 2.24) is 10.2 Å². The van der Waals surface area contributed by atoms with Gasteiger partial charge in [0, 0.05) is 25.2 Å². The van der Waals surface area contributed by atoms with Gasteiger partial charge in [0.05, 0.1) is 14.2 Å². The molecule has 1 fully saturated rings. The number of nitrogens with one attached hydrogen (secondary N) is 1. The number of benzene rings is 1. The zero-order valence-corrected chi connectivity index (χ0v) is 13.5. The summed E-state index contributed by atoms with van der Waals surface area (Å²) in [5.74, 6) is 1.15. The van der Waals surface area contributed by atoms with E-state index in [9.17, 15) is 4.79 Å². The van der Waals surface area contributed by atoms with Crippen molar-refractivity contribution >= 4 is 21.8 Å². The molecule has 0 unspecified atom stereocenters. The first-order valence-corrected chi connectivity index (χ1v) is 7.27. The van der Waals surface area contributed by atoms with Gasteiger partial charge in [-0.2, -0.15) is 0 Å². The Balaban J connectivity index is 2.29. The molecule has 6 heteroatoms. The van der Waals surface area contributed by atoms with Gasteiger partial charge in [-0.1, -0.05) is 0 Å². The smallest absolute Gasteiger partial charge is 0.254 e. The van der Waals surface area contributed by atoms with Crippen LogP contribution in [0.25, 0.3) is 0 Å². The Morgan fingerprint density at radius 2 is 1.95 bits per heavy atom. The summed E-state index contributed by atoms with van der Waals surface area (Å²) in [4.78, 5) is 14.3. The van der Waals surface area contributed by atoms with E-state index in [4.69, 9.17) is 9.47 Å². The van der Waals surface area contributed by atoms with E-state index in [1.807, 2.05) is 7.05 Å². The third kappa shape index (κ3) is 2.91. The fourth-order valence-electron chi connectivity index (χ4n) is 2.33. The van der Waals surface area contributed by atoms with Gasteiger partial charge in [-0.3, -0.25) is 4.79 Å². The van der Waals surface area contributed by atoms with Crippen LogP contribution >= 0.6 is 15.9 Å². The molecular formula is C14H19BrN2O3. The molecule has 1 aliphatic rings. The summed E-state index contributed by atoms with van der Waals surface area (Å²) < 4.78 is 11.3. The molecule has 1 aliphatic heterocycles. The Bertz CT molecular complexity index is 476. The average molecular weight is 343 g/mol. The fraction of sp³-hybridized carbons (Fsp3) is 0.500. The molecule has 1 amide bonds. The molecule has 0 aromatic heterocycles. The SMILES string of the molecule is COc1cc(C(=O)N(C)[C@@H]2CCNC2)cc(OC)c1Br. The molecule has 0 bridgehead atoms. The molecule has 1 atom stereocenters. The minimum Gasteiger partial charge on any atom is -0.495 e. The maximum absolute atomic E-state index is 12.6. The zero-order chi connectivity index (χ0) is 14.7. The van der Waals surface area contributed by atoms with Crippen molar-refractivity contribution in [3.8, 4) is 11.5 Å². The molecule has 0 saturated carbocycles. The van der Waals surface area contributed by atoms with Crippen molar-refractivity contribution in [3.05, 3.63) is 22.2 Å². The minimum atomic E-state index is -0.0252. The van der Waals surface area contributed by atoms with Crippen LogP contribution in [0.15, 0.2) is 16.6 Å². The number of halogens is 1. The Labute approximate surface area is 127 Å². The van der Waals surface area contributed by atoms with Crippen molar-refractivity contribution in [1.29, 1.82) is 0 Å². The number of hydrogen-bond donors (Lipinski definition) is 1. The lowest BCUT2D eigenvalue weighted by molar-refractivity contribution is 0.0743. The van der Waals surface area contributed by atoms with Gasteiger partial charge in [-0.15, -0.1) is 0 Å². The second-order valence-electron chi connectivity index (χ2n) is 4.76. The van der Waals surface area contributed by atoms with Crippen LogP contribution in [0.4, 0.5) is 0 Å². The van der Waals surface area contributed by atoms with Crippen molar-refractivity contribution in [2.24, 2.45) is 0 Å². The molecule has 1 N–H and O–H groups in total. The topological polar surface area (TPSA) is 50.8 Å². The highest BCUT2D eigenvalue weighted by Gasteiger charge is 2.25. The molecule has 0 radical (unpaired) electrons. The van der Waals surface area contributed by atoms with Crippen LogP contribution in [0.2, 0.25) is 0 Å². The summed E-state index contributed by atoms with van der Waals surface area (Å²) >= 11 is 3.40.